The van der Waals surface area contributed by atoms with Gasteiger partial charge in [0.15, 0.2) is 10.8 Å². The molecule has 0 atom stereocenters. The fourth-order valence-electron chi connectivity index (χ4n) is 2.70. The molecule has 0 aliphatic heterocycles. The van der Waals surface area contributed by atoms with Crippen molar-refractivity contribution in [3.8, 4) is 0 Å². The Balaban J connectivity index is 1.59. The number of amides is 1. The molecular formula is C20H25FN6OS2. The molecule has 0 aliphatic rings. The molecule has 3 rings (SSSR count). The molecule has 2 N–H and O–H groups in total. The largest absolute Gasteiger partial charge is 0.369 e. The average molecular weight is 449 g/mol. The maximum Gasteiger partial charge on any atom is 0.230 e. The van der Waals surface area contributed by atoms with Gasteiger partial charge in [-0.15, -0.1) is 11.8 Å². The van der Waals surface area contributed by atoms with Gasteiger partial charge in [0.1, 0.15) is 11.6 Å². The lowest BCUT2D eigenvalue weighted by Crippen LogP contribution is -2.29. The lowest BCUT2D eigenvalue weighted by molar-refractivity contribution is -0.118. The molecule has 7 nitrogen and oxygen atoms in total. The van der Waals surface area contributed by atoms with E-state index in [2.05, 4.69) is 39.5 Å². The maximum absolute atomic E-state index is 12.9. The van der Waals surface area contributed by atoms with Crippen LogP contribution in [0.2, 0.25) is 0 Å². The molecule has 0 fully saturated rings. The minimum Gasteiger partial charge on any atom is -0.369 e. The highest BCUT2D eigenvalue weighted by Gasteiger charge is 2.13. The van der Waals surface area contributed by atoms with E-state index in [4.69, 9.17) is 0 Å². The summed E-state index contributed by atoms with van der Waals surface area (Å²) in [6.45, 7) is 5.95. The second kappa shape index (κ2) is 11.2. The first-order chi connectivity index (χ1) is 14.6. The van der Waals surface area contributed by atoms with Gasteiger partial charge < -0.3 is 10.6 Å². The number of aromatic nitrogens is 4. The quantitative estimate of drug-likeness (QED) is 0.341. The van der Waals surface area contributed by atoms with E-state index in [1.165, 1.54) is 23.9 Å². The minimum atomic E-state index is -0.285. The van der Waals surface area contributed by atoms with Crippen LogP contribution in [0.15, 0.2) is 40.5 Å². The first kappa shape index (κ1) is 22.4. The summed E-state index contributed by atoms with van der Waals surface area (Å²) in [7, 11) is 0. The summed E-state index contributed by atoms with van der Waals surface area (Å²) in [6, 6.07) is 6.11. The van der Waals surface area contributed by atoms with Crippen LogP contribution in [0.1, 0.15) is 20.3 Å². The Morgan fingerprint density at radius 2 is 1.93 bits per heavy atom. The van der Waals surface area contributed by atoms with Crippen molar-refractivity contribution in [2.75, 3.05) is 29.9 Å². The standard InChI is InChI=1S/C20H25FN6OS2/c1-3-9-23-18-16-12-24-27(19(16)26-20(25-18)29-4-2)11-10-22-17(28)13-30-15-7-5-14(21)6-8-15/h5-8,12H,3-4,9-11,13H2,1-2H3,(H,22,28)(H,23,25,26). The number of halogens is 1. The van der Waals surface area contributed by atoms with E-state index in [9.17, 15) is 9.18 Å². The number of anilines is 1. The van der Waals surface area contributed by atoms with Gasteiger partial charge in [0.25, 0.3) is 0 Å². The summed E-state index contributed by atoms with van der Waals surface area (Å²) >= 11 is 2.96. The van der Waals surface area contributed by atoms with Crippen LogP contribution >= 0.6 is 23.5 Å². The van der Waals surface area contributed by atoms with E-state index in [-0.39, 0.29) is 17.5 Å². The molecule has 30 heavy (non-hydrogen) atoms. The Morgan fingerprint density at radius 3 is 2.67 bits per heavy atom. The van der Waals surface area contributed by atoms with Gasteiger partial charge in [0, 0.05) is 18.0 Å². The molecule has 0 aliphatic carbocycles. The number of rotatable bonds is 11. The number of carbonyl (C=O) groups excluding carboxylic acids is 1. The van der Waals surface area contributed by atoms with Crippen LogP contribution < -0.4 is 10.6 Å². The molecular weight excluding hydrogens is 423 g/mol. The van der Waals surface area contributed by atoms with Gasteiger partial charge in [-0.3, -0.25) is 4.79 Å². The summed E-state index contributed by atoms with van der Waals surface area (Å²) in [5.74, 6) is 1.59. The van der Waals surface area contributed by atoms with E-state index < -0.39 is 0 Å². The van der Waals surface area contributed by atoms with Gasteiger partial charge >= 0.3 is 0 Å². The van der Waals surface area contributed by atoms with Crippen LogP contribution in [0.5, 0.6) is 0 Å². The number of nitrogens with one attached hydrogen (secondary N) is 2. The van der Waals surface area contributed by atoms with Crippen LogP contribution in [0.25, 0.3) is 11.0 Å². The first-order valence-electron chi connectivity index (χ1n) is 9.86. The molecule has 1 aromatic carbocycles. The van der Waals surface area contributed by atoms with Crippen molar-refractivity contribution in [3.63, 3.8) is 0 Å². The SMILES string of the molecule is CCCNc1nc(SCC)nc2c1cnn2CCNC(=O)CSc1ccc(F)cc1. The predicted molar refractivity (Wildman–Crippen MR) is 121 cm³/mol. The molecule has 0 unspecified atom stereocenters. The molecule has 2 heterocycles. The normalized spacial score (nSPS) is 11.0. The fourth-order valence-corrected chi connectivity index (χ4v) is 4.00. The molecule has 0 saturated carbocycles. The van der Waals surface area contributed by atoms with E-state index >= 15 is 0 Å². The Labute approximate surface area is 183 Å². The zero-order valence-corrected chi connectivity index (χ0v) is 18.7. The molecule has 1 amide bonds. The Hall–Kier alpha value is -2.33. The van der Waals surface area contributed by atoms with Crippen molar-refractivity contribution in [3.05, 3.63) is 36.3 Å². The summed E-state index contributed by atoms with van der Waals surface area (Å²) in [6.07, 6.45) is 2.76. The molecule has 3 aromatic rings. The number of nitrogens with zero attached hydrogens (tertiary/aromatic N) is 4. The second-order valence-electron chi connectivity index (χ2n) is 6.41. The highest BCUT2D eigenvalue weighted by molar-refractivity contribution is 8.00. The van der Waals surface area contributed by atoms with Crippen molar-refractivity contribution < 1.29 is 9.18 Å². The van der Waals surface area contributed by atoms with E-state index in [0.717, 1.165) is 40.5 Å². The number of benzene rings is 1. The van der Waals surface area contributed by atoms with Crippen molar-refractivity contribution in [2.45, 2.75) is 36.9 Å². The van der Waals surface area contributed by atoms with Gasteiger partial charge in [-0.2, -0.15) is 5.10 Å². The fraction of sp³-hybridized carbons (Fsp3) is 0.400. The minimum absolute atomic E-state index is 0.0806. The molecule has 160 valence electrons. The average Bonchev–Trinajstić information content (AvgIpc) is 3.15. The second-order valence-corrected chi connectivity index (χ2v) is 8.69. The molecule has 0 spiro atoms. The molecule has 10 heteroatoms. The number of thioether (sulfide) groups is 2. The van der Waals surface area contributed by atoms with Crippen molar-refractivity contribution in [2.24, 2.45) is 0 Å². The van der Waals surface area contributed by atoms with E-state index in [0.29, 0.717) is 18.2 Å². The molecule has 0 radical (unpaired) electrons. The van der Waals surface area contributed by atoms with E-state index in [1.54, 1.807) is 34.8 Å². The summed E-state index contributed by atoms with van der Waals surface area (Å²) < 4.78 is 14.7. The third-order valence-electron chi connectivity index (χ3n) is 4.12. The first-order valence-corrected chi connectivity index (χ1v) is 11.8. The number of hydrogen-bond acceptors (Lipinski definition) is 7. The van der Waals surface area contributed by atoms with Crippen molar-refractivity contribution in [1.29, 1.82) is 0 Å². The third-order valence-corrected chi connectivity index (χ3v) is 5.86. The van der Waals surface area contributed by atoms with Gasteiger partial charge in [0.05, 0.1) is 23.9 Å². The van der Waals surface area contributed by atoms with Crippen LogP contribution in [0.4, 0.5) is 10.2 Å². The smallest absolute Gasteiger partial charge is 0.230 e. The zero-order chi connectivity index (χ0) is 21.3. The predicted octanol–water partition coefficient (Wildman–Crippen LogP) is 3.81. The van der Waals surface area contributed by atoms with Gasteiger partial charge in [0.2, 0.25) is 5.91 Å². The lowest BCUT2D eigenvalue weighted by atomic mass is 10.3. The molecule has 0 bridgehead atoms. The topological polar surface area (TPSA) is 84.7 Å². The zero-order valence-electron chi connectivity index (χ0n) is 17.0. The maximum atomic E-state index is 12.9. The Kier molecular flexibility index (Phi) is 8.32. The van der Waals surface area contributed by atoms with Crippen LogP contribution in [-0.2, 0) is 11.3 Å². The highest BCUT2D eigenvalue weighted by atomic mass is 32.2. The summed E-state index contributed by atoms with van der Waals surface area (Å²) in [5.41, 5.74) is 0.759. The van der Waals surface area contributed by atoms with Crippen molar-refractivity contribution >= 4 is 46.3 Å². The highest BCUT2D eigenvalue weighted by Crippen LogP contribution is 2.24. The molecule has 0 saturated heterocycles. The lowest BCUT2D eigenvalue weighted by Gasteiger charge is -2.09. The molecule has 2 aromatic heterocycles. The van der Waals surface area contributed by atoms with Crippen LogP contribution in [-0.4, -0.2) is 50.3 Å². The monoisotopic (exact) mass is 448 g/mol. The number of carbonyl (C=O) groups is 1. The Morgan fingerprint density at radius 1 is 1.13 bits per heavy atom. The number of fused-ring (bicyclic) bond motifs is 1. The number of hydrogen-bond donors (Lipinski definition) is 2. The van der Waals surface area contributed by atoms with Gasteiger partial charge in [-0.1, -0.05) is 25.6 Å². The van der Waals surface area contributed by atoms with Crippen molar-refractivity contribution in [1.82, 2.24) is 25.1 Å². The van der Waals surface area contributed by atoms with Crippen LogP contribution in [0.3, 0.4) is 0 Å². The third kappa shape index (κ3) is 6.09. The van der Waals surface area contributed by atoms with Gasteiger partial charge in [-0.25, -0.2) is 19.0 Å². The summed E-state index contributed by atoms with van der Waals surface area (Å²) in [5, 5.41) is 12.3. The summed E-state index contributed by atoms with van der Waals surface area (Å²) in [4.78, 5) is 22.2. The van der Waals surface area contributed by atoms with E-state index in [1.807, 2.05) is 0 Å². The Bertz CT molecular complexity index is 979. The van der Waals surface area contributed by atoms with Gasteiger partial charge in [-0.05, 0) is 36.4 Å². The van der Waals surface area contributed by atoms with Crippen LogP contribution in [0, 0.1) is 5.82 Å².